The minimum Gasteiger partial charge on any atom is -0.270 e. The second-order valence-electron chi connectivity index (χ2n) is 6.03. The van der Waals surface area contributed by atoms with Crippen LogP contribution in [0.2, 0.25) is 0 Å². The molecule has 0 fully saturated rings. The van der Waals surface area contributed by atoms with Crippen LogP contribution in [0.15, 0.2) is 64.2 Å². The third kappa shape index (κ3) is 3.01. The fourth-order valence-electron chi connectivity index (χ4n) is 2.79. The van der Waals surface area contributed by atoms with Gasteiger partial charge in [-0.25, -0.2) is 14.2 Å². The van der Waals surface area contributed by atoms with Gasteiger partial charge in [-0.3, -0.25) is 13.9 Å². The van der Waals surface area contributed by atoms with Gasteiger partial charge in [0.1, 0.15) is 5.82 Å². The number of hydrogen-bond acceptors (Lipinski definition) is 5. The Balaban J connectivity index is 1.92. The fraction of sp³-hybridized carbons (Fsp3) is 0.105. The van der Waals surface area contributed by atoms with Crippen LogP contribution in [0.4, 0.5) is 4.39 Å². The molecule has 27 heavy (non-hydrogen) atoms. The van der Waals surface area contributed by atoms with E-state index in [9.17, 15) is 14.0 Å². The zero-order valence-electron chi connectivity index (χ0n) is 14.3. The predicted molar refractivity (Wildman–Crippen MR) is 97.8 cm³/mol. The number of halogens is 1. The number of hydrogen-bond donors (Lipinski definition) is 0. The maximum Gasteiger partial charge on any atom is 0.332 e. The van der Waals surface area contributed by atoms with E-state index in [0.717, 1.165) is 4.57 Å². The van der Waals surface area contributed by atoms with Crippen LogP contribution in [0.5, 0.6) is 0 Å². The van der Waals surface area contributed by atoms with Crippen molar-refractivity contribution in [3.05, 3.63) is 86.8 Å². The van der Waals surface area contributed by atoms with Crippen molar-refractivity contribution in [1.29, 1.82) is 0 Å². The molecule has 2 aromatic carbocycles. The Morgan fingerprint density at radius 3 is 2.37 bits per heavy atom. The molecule has 0 atom stereocenters. The average molecular weight is 363 g/mol. The third-order valence-corrected chi connectivity index (χ3v) is 4.24. The van der Waals surface area contributed by atoms with E-state index >= 15 is 0 Å². The van der Waals surface area contributed by atoms with Gasteiger partial charge < -0.3 is 0 Å². The second kappa shape index (κ2) is 6.56. The van der Waals surface area contributed by atoms with E-state index in [4.69, 9.17) is 0 Å². The van der Waals surface area contributed by atoms with Crippen LogP contribution >= 0.6 is 0 Å². The standard InChI is InChI=1S/C19H14FN5O2/c1-24-18(26)15-17(23-22-16(21-15)13-5-3-2-4-6-13)25(19(24)27)11-12-7-9-14(20)10-8-12/h2-10H,11H2,1H3. The van der Waals surface area contributed by atoms with Crippen LogP contribution in [-0.4, -0.2) is 24.3 Å². The molecule has 0 saturated heterocycles. The summed E-state index contributed by atoms with van der Waals surface area (Å²) >= 11 is 0. The van der Waals surface area contributed by atoms with Crippen molar-refractivity contribution in [2.45, 2.75) is 6.54 Å². The first-order valence-electron chi connectivity index (χ1n) is 8.19. The topological polar surface area (TPSA) is 82.7 Å². The summed E-state index contributed by atoms with van der Waals surface area (Å²) < 4.78 is 15.4. The number of aromatic nitrogens is 5. The summed E-state index contributed by atoms with van der Waals surface area (Å²) in [4.78, 5) is 29.5. The maximum absolute atomic E-state index is 13.1. The van der Waals surface area contributed by atoms with Crippen LogP contribution in [0, 0.1) is 5.82 Å². The van der Waals surface area contributed by atoms with Gasteiger partial charge >= 0.3 is 5.69 Å². The molecule has 0 spiro atoms. The molecule has 7 nitrogen and oxygen atoms in total. The van der Waals surface area contributed by atoms with Gasteiger partial charge in [0.2, 0.25) is 0 Å². The van der Waals surface area contributed by atoms with E-state index in [1.54, 1.807) is 12.1 Å². The monoisotopic (exact) mass is 363 g/mol. The Morgan fingerprint density at radius 1 is 0.963 bits per heavy atom. The highest BCUT2D eigenvalue weighted by Gasteiger charge is 2.16. The first-order valence-corrected chi connectivity index (χ1v) is 8.19. The van der Waals surface area contributed by atoms with Gasteiger partial charge in [-0.1, -0.05) is 42.5 Å². The minimum absolute atomic E-state index is 0.0491. The number of fused-ring (bicyclic) bond motifs is 1. The van der Waals surface area contributed by atoms with Crippen molar-refractivity contribution in [2.75, 3.05) is 0 Å². The molecule has 0 aliphatic carbocycles. The molecular formula is C19H14FN5O2. The summed E-state index contributed by atoms with van der Waals surface area (Å²) in [6, 6.07) is 14.9. The van der Waals surface area contributed by atoms with E-state index in [1.165, 1.54) is 23.7 Å². The van der Waals surface area contributed by atoms with Crippen LogP contribution in [0.25, 0.3) is 22.6 Å². The number of nitrogens with zero attached hydrogens (tertiary/aromatic N) is 5. The van der Waals surface area contributed by atoms with E-state index in [1.807, 2.05) is 30.3 Å². The van der Waals surface area contributed by atoms with E-state index < -0.39 is 11.2 Å². The minimum atomic E-state index is -0.544. The van der Waals surface area contributed by atoms with Gasteiger partial charge in [-0.15, -0.1) is 10.2 Å². The third-order valence-electron chi connectivity index (χ3n) is 4.24. The fourth-order valence-corrected chi connectivity index (χ4v) is 2.79. The van der Waals surface area contributed by atoms with Gasteiger partial charge in [0.25, 0.3) is 5.56 Å². The van der Waals surface area contributed by atoms with E-state index in [-0.39, 0.29) is 23.5 Å². The summed E-state index contributed by atoms with van der Waals surface area (Å²) in [6.07, 6.45) is 0. The largest absolute Gasteiger partial charge is 0.332 e. The molecule has 0 aliphatic heterocycles. The molecule has 0 bridgehead atoms. The van der Waals surface area contributed by atoms with Gasteiger partial charge in [0.15, 0.2) is 17.0 Å². The Labute approximate surface area is 152 Å². The predicted octanol–water partition coefficient (Wildman–Crippen LogP) is 1.74. The van der Waals surface area contributed by atoms with Crippen molar-refractivity contribution < 1.29 is 4.39 Å². The molecule has 4 aromatic rings. The lowest BCUT2D eigenvalue weighted by Crippen LogP contribution is -2.39. The van der Waals surface area contributed by atoms with Gasteiger partial charge in [-0.2, -0.15) is 0 Å². The van der Waals surface area contributed by atoms with Crippen LogP contribution in [-0.2, 0) is 13.6 Å². The summed E-state index contributed by atoms with van der Waals surface area (Å²) in [5.41, 5.74) is 0.454. The van der Waals surface area contributed by atoms with Crippen LogP contribution < -0.4 is 11.2 Å². The van der Waals surface area contributed by atoms with Crippen molar-refractivity contribution >= 4 is 11.2 Å². The first kappa shape index (κ1) is 16.8. The first-order chi connectivity index (χ1) is 13.0. The van der Waals surface area contributed by atoms with Crippen molar-refractivity contribution in [2.24, 2.45) is 7.05 Å². The van der Waals surface area contributed by atoms with Crippen LogP contribution in [0.1, 0.15) is 5.56 Å². The second-order valence-corrected chi connectivity index (χ2v) is 6.03. The summed E-state index contributed by atoms with van der Waals surface area (Å²) in [7, 11) is 1.38. The molecule has 0 radical (unpaired) electrons. The average Bonchev–Trinajstić information content (AvgIpc) is 2.71. The SMILES string of the molecule is Cn1c(=O)c2nc(-c3ccccc3)nnc2n(Cc2ccc(F)cc2)c1=O. The Kier molecular flexibility index (Phi) is 4.08. The van der Waals surface area contributed by atoms with E-state index in [2.05, 4.69) is 15.2 Å². The quantitative estimate of drug-likeness (QED) is 0.554. The summed E-state index contributed by atoms with van der Waals surface area (Å²) in [6.45, 7) is 0.116. The normalized spacial score (nSPS) is 11.0. The molecule has 0 aliphatic rings. The maximum atomic E-state index is 13.1. The zero-order chi connectivity index (χ0) is 19.0. The van der Waals surface area contributed by atoms with Crippen molar-refractivity contribution in [3.8, 4) is 11.4 Å². The lowest BCUT2D eigenvalue weighted by Gasteiger charge is -2.11. The van der Waals surface area contributed by atoms with Crippen LogP contribution in [0.3, 0.4) is 0 Å². The highest BCUT2D eigenvalue weighted by atomic mass is 19.1. The lowest BCUT2D eigenvalue weighted by atomic mass is 10.2. The number of benzene rings is 2. The molecule has 4 rings (SSSR count). The molecule has 0 saturated carbocycles. The molecule has 2 aromatic heterocycles. The highest BCUT2D eigenvalue weighted by Crippen LogP contribution is 2.15. The Morgan fingerprint density at radius 2 is 1.67 bits per heavy atom. The highest BCUT2D eigenvalue weighted by molar-refractivity contribution is 5.71. The molecule has 0 N–H and O–H groups in total. The van der Waals surface area contributed by atoms with Gasteiger partial charge in [-0.05, 0) is 17.7 Å². The Bertz CT molecular complexity index is 1250. The summed E-state index contributed by atoms with van der Waals surface area (Å²) in [5.74, 6) is -0.0717. The molecule has 134 valence electrons. The molecule has 0 amide bonds. The lowest BCUT2D eigenvalue weighted by molar-refractivity contribution is 0.624. The van der Waals surface area contributed by atoms with Crippen molar-refractivity contribution in [1.82, 2.24) is 24.3 Å². The molecule has 0 unspecified atom stereocenters. The van der Waals surface area contributed by atoms with Crippen molar-refractivity contribution in [3.63, 3.8) is 0 Å². The molecule has 8 heteroatoms. The number of rotatable bonds is 3. The zero-order valence-corrected chi connectivity index (χ0v) is 14.3. The molecule has 2 heterocycles. The Hall–Kier alpha value is -3.68. The van der Waals surface area contributed by atoms with Gasteiger partial charge in [0.05, 0.1) is 6.54 Å². The molecular weight excluding hydrogens is 349 g/mol. The van der Waals surface area contributed by atoms with Gasteiger partial charge in [0, 0.05) is 12.6 Å². The smallest absolute Gasteiger partial charge is 0.270 e. The van der Waals surface area contributed by atoms with E-state index in [0.29, 0.717) is 17.0 Å². The summed E-state index contributed by atoms with van der Waals surface area (Å²) in [5, 5.41) is 8.17.